The fourth-order valence-corrected chi connectivity index (χ4v) is 0.834. The van der Waals surface area contributed by atoms with Crippen LogP contribution in [-0.4, -0.2) is 30.7 Å². The Morgan fingerprint density at radius 1 is 1.18 bits per heavy atom. The molecule has 0 radical (unpaired) electrons. The summed E-state index contributed by atoms with van der Waals surface area (Å²) < 4.78 is 10.4. The molecule has 0 spiro atoms. The van der Waals surface area contributed by atoms with Crippen molar-refractivity contribution in [1.29, 1.82) is 0 Å². The number of rotatable bonds is 6. The van der Waals surface area contributed by atoms with E-state index >= 15 is 0 Å². The Morgan fingerprint density at radius 3 is 1.91 bits per heavy atom. The average molecular weight is 162 g/mol. The van der Waals surface area contributed by atoms with Gasteiger partial charge in [0.2, 0.25) is 0 Å². The molecular weight excluding hydrogens is 144 g/mol. The maximum Gasteiger partial charge on any atom is 0.159 e. The molecule has 0 bridgehead atoms. The number of hydrogen-bond acceptors (Lipinski definition) is 3. The van der Waals surface area contributed by atoms with Crippen LogP contribution in [0.5, 0.6) is 0 Å². The van der Waals surface area contributed by atoms with Crippen molar-refractivity contribution >= 4 is 0 Å². The highest BCUT2D eigenvalue weighted by atomic mass is 16.7. The van der Waals surface area contributed by atoms with E-state index in [0.29, 0.717) is 19.6 Å². The van der Waals surface area contributed by atoms with E-state index < -0.39 is 0 Å². The molecule has 0 aliphatic rings. The second kappa shape index (κ2) is 6.58. The van der Waals surface area contributed by atoms with Crippen LogP contribution in [0.1, 0.15) is 27.2 Å². The first-order chi connectivity index (χ1) is 5.20. The molecule has 3 heteroatoms. The van der Waals surface area contributed by atoms with E-state index in [9.17, 15) is 0 Å². The molecule has 0 aromatic heterocycles. The van der Waals surface area contributed by atoms with E-state index in [1.165, 1.54) is 0 Å². The molecule has 68 valence electrons. The van der Waals surface area contributed by atoms with Gasteiger partial charge in [0.15, 0.2) is 6.29 Å². The third kappa shape index (κ3) is 6.28. The minimum Gasteiger partial charge on any atom is -0.393 e. The highest BCUT2D eigenvalue weighted by molar-refractivity contribution is 4.51. The average Bonchev–Trinajstić information content (AvgIpc) is 1.87. The van der Waals surface area contributed by atoms with Crippen molar-refractivity contribution in [3.63, 3.8) is 0 Å². The van der Waals surface area contributed by atoms with E-state index in [2.05, 4.69) is 0 Å². The molecule has 0 saturated heterocycles. The summed E-state index contributed by atoms with van der Waals surface area (Å²) in [7, 11) is 0. The van der Waals surface area contributed by atoms with Crippen LogP contribution >= 0.6 is 0 Å². The van der Waals surface area contributed by atoms with Crippen molar-refractivity contribution in [1.82, 2.24) is 0 Å². The predicted octanol–water partition coefficient (Wildman–Crippen LogP) is 1.16. The minimum atomic E-state index is -0.363. The first kappa shape index (κ1) is 10.9. The van der Waals surface area contributed by atoms with Gasteiger partial charge < -0.3 is 14.6 Å². The lowest BCUT2D eigenvalue weighted by atomic mass is 10.3. The van der Waals surface area contributed by atoms with Gasteiger partial charge in [0.1, 0.15) is 0 Å². The van der Waals surface area contributed by atoms with Gasteiger partial charge >= 0.3 is 0 Å². The summed E-state index contributed by atoms with van der Waals surface area (Å²) in [5, 5.41) is 9.02. The molecule has 0 fully saturated rings. The molecule has 0 aromatic rings. The monoisotopic (exact) mass is 162 g/mol. The van der Waals surface area contributed by atoms with Gasteiger partial charge in [0.05, 0.1) is 6.10 Å². The SMILES string of the molecule is CCOC(C[C@@H](C)O)OCC. The van der Waals surface area contributed by atoms with Gasteiger partial charge in [-0.1, -0.05) is 0 Å². The van der Waals surface area contributed by atoms with Crippen LogP contribution in [-0.2, 0) is 9.47 Å². The quantitative estimate of drug-likeness (QED) is 0.595. The second-order valence-electron chi connectivity index (χ2n) is 2.42. The first-order valence-electron chi connectivity index (χ1n) is 4.12. The molecule has 0 saturated carbocycles. The molecule has 11 heavy (non-hydrogen) atoms. The fourth-order valence-electron chi connectivity index (χ4n) is 0.834. The van der Waals surface area contributed by atoms with Crippen molar-refractivity contribution in [2.45, 2.75) is 39.6 Å². The Hall–Kier alpha value is -0.120. The van der Waals surface area contributed by atoms with Gasteiger partial charge in [-0.25, -0.2) is 0 Å². The molecule has 0 heterocycles. The molecule has 0 amide bonds. The van der Waals surface area contributed by atoms with Crippen LogP contribution in [0, 0.1) is 0 Å². The number of hydrogen-bond donors (Lipinski definition) is 1. The third-order valence-electron chi connectivity index (χ3n) is 1.24. The lowest BCUT2D eigenvalue weighted by Gasteiger charge is -2.17. The van der Waals surface area contributed by atoms with Crippen molar-refractivity contribution in [2.75, 3.05) is 13.2 Å². The summed E-state index contributed by atoms with van der Waals surface area (Å²) in [4.78, 5) is 0. The van der Waals surface area contributed by atoms with Crippen molar-refractivity contribution in [3.8, 4) is 0 Å². The van der Waals surface area contributed by atoms with Crippen LogP contribution in [0.2, 0.25) is 0 Å². The lowest BCUT2D eigenvalue weighted by Crippen LogP contribution is -2.22. The Balaban J connectivity index is 3.50. The van der Waals surface area contributed by atoms with E-state index in [0.717, 1.165) is 0 Å². The number of aliphatic hydroxyl groups is 1. The Bertz CT molecular complexity index is 77.4. The number of aliphatic hydroxyl groups excluding tert-OH is 1. The third-order valence-corrected chi connectivity index (χ3v) is 1.24. The highest BCUT2D eigenvalue weighted by Gasteiger charge is 2.10. The standard InChI is InChI=1S/C8H18O3/c1-4-10-8(11-5-2)6-7(3)9/h7-9H,4-6H2,1-3H3/t7-/m1/s1. The Morgan fingerprint density at radius 2 is 1.64 bits per heavy atom. The van der Waals surface area contributed by atoms with Crippen LogP contribution in [0.3, 0.4) is 0 Å². The summed E-state index contributed by atoms with van der Waals surface area (Å²) >= 11 is 0. The molecule has 1 N–H and O–H groups in total. The zero-order chi connectivity index (χ0) is 8.69. The Kier molecular flexibility index (Phi) is 6.51. The maximum atomic E-state index is 9.02. The largest absolute Gasteiger partial charge is 0.393 e. The molecule has 0 rings (SSSR count). The summed E-state index contributed by atoms with van der Waals surface area (Å²) in [6.07, 6.45) is -0.0649. The topological polar surface area (TPSA) is 38.7 Å². The summed E-state index contributed by atoms with van der Waals surface area (Å²) in [5.41, 5.74) is 0. The molecule has 1 atom stereocenters. The van der Waals surface area contributed by atoms with Gasteiger partial charge in [-0.05, 0) is 20.8 Å². The predicted molar refractivity (Wildman–Crippen MR) is 43.3 cm³/mol. The van der Waals surface area contributed by atoms with Gasteiger partial charge in [-0.3, -0.25) is 0 Å². The van der Waals surface area contributed by atoms with Gasteiger partial charge in [-0.15, -0.1) is 0 Å². The van der Waals surface area contributed by atoms with Crippen LogP contribution in [0.4, 0.5) is 0 Å². The number of ether oxygens (including phenoxy) is 2. The van der Waals surface area contributed by atoms with E-state index in [1.54, 1.807) is 6.92 Å². The van der Waals surface area contributed by atoms with E-state index in [4.69, 9.17) is 14.6 Å². The zero-order valence-electron chi connectivity index (χ0n) is 7.54. The van der Waals surface area contributed by atoms with Gasteiger partial charge in [0.25, 0.3) is 0 Å². The molecule has 3 nitrogen and oxygen atoms in total. The van der Waals surface area contributed by atoms with E-state index in [-0.39, 0.29) is 12.4 Å². The minimum absolute atomic E-state index is 0.245. The van der Waals surface area contributed by atoms with Gasteiger partial charge in [-0.2, -0.15) is 0 Å². The zero-order valence-corrected chi connectivity index (χ0v) is 7.54. The Labute approximate surface area is 68.3 Å². The van der Waals surface area contributed by atoms with Gasteiger partial charge in [0, 0.05) is 19.6 Å². The highest BCUT2D eigenvalue weighted by Crippen LogP contribution is 2.03. The first-order valence-corrected chi connectivity index (χ1v) is 4.12. The summed E-state index contributed by atoms with van der Waals surface area (Å²) in [5.74, 6) is 0. The van der Waals surface area contributed by atoms with Crippen LogP contribution < -0.4 is 0 Å². The summed E-state index contributed by atoms with van der Waals surface area (Å²) in [6.45, 7) is 6.79. The van der Waals surface area contributed by atoms with Crippen molar-refractivity contribution in [3.05, 3.63) is 0 Å². The maximum absolute atomic E-state index is 9.02. The molecular formula is C8H18O3. The lowest BCUT2D eigenvalue weighted by molar-refractivity contribution is -0.150. The van der Waals surface area contributed by atoms with Crippen LogP contribution in [0.25, 0.3) is 0 Å². The fraction of sp³-hybridized carbons (Fsp3) is 1.00. The van der Waals surface area contributed by atoms with Crippen LogP contribution in [0.15, 0.2) is 0 Å². The molecule has 0 unspecified atom stereocenters. The summed E-state index contributed by atoms with van der Waals surface area (Å²) in [6, 6.07) is 0. The van der Waals surface area contributed by atoms with Crippen molar-refractivity contribution < 1.29 is 14.6 Å². The van der Waals surface area contributed by atoms with Crippen molar-refractivity contribution in [2.24, 2.45) is 0 Å². The molecule has 0 aliphatic carbocycles. The molecule has 0 aromatic carbocycles. The molecule has 0 aliphatic heterocycles. The van der Waals surface area contributed by atoms with E-state index in [1.807, 2.05) is 13.8 Å². The second-order valence-corrected chi connectivity index (χ2v) is 2.42. The smallest absolute Gasteiger partial charge is 0.159 e. The normalized spacial score (nSPS) is 13.9.